The number of benzene rings is 2. The van der Waals surface area contributed by atoms with Crippen LogP contribution in [0.25, 0.3) is 10.8 Å². The summed E-state index contributed by atoms with van der Waals surface area (Å²) in [5, 5.41) is 18.4. The smallest absolute Gasteiger partial charge is 0.562 e. The normalized spacial score (nSPS) is 8.85. The fourth-order valence-electron chi connectivity index (χ4n) is 1.24. The molecule has 0 spiro atoms. The van der Waals surface area contributed by atoms with Crippen molar-refractivity contribution in [3.8, 4) is 0 Å². The van der Waals surface area contributed by atoms with Gasteiger partial charge in [-0.2, -0.15) is 0 Å². The van der Waals surface area contributed by atoms with Crippen molar-refractivity contribution >= 4 is 45.8 Å². The molecule has 0 saturated heterocycles. The molecule has 0 aliphatic rings. The second-order valence-electron chi connectivity index (χ2n) is 3.75. The Labute approximate surface area is 132 Å². The topological polar surface area (TPSA) is 74.6 Å². The molecule has 0 amide bonds. The largest absolute Gasteiger partial charge is 2.00 e. The van der Waals surface area contributed by atoms with Gasteiger partial charge in [0.25, 0.3) is 5.97 Å². The van der Waals surface area contributed by atoms with Crippen molar-refractivity contribution < 1.29 is 19.8 Å². The van der Waals surface area contributed by atoms with Gasteiger partial charge in [-0.15, -0.1) is 35.2 Å². The van der Waals surface area contributed by atoms with Crippen LogP contribution >= 0.6 is 0 Å². The van der Waals surface area contributed by atoms with Crippen molar-refractivity contribution in [2.24, 2.45) is 0 Å². The van der Waals surface area contributed by atoms with E-state index < -0.39 is 11.9 Å². The summed E-state index contributed by atoms with van der Waals surface area (Å²) in [5.74, 6) is -1.99. The second-order valence-corrected chi connectivity index (χ2v) is 3.75. The Hall–Kier alpha value is -1.85. The molecule has 0 unspecified atom stereocenters. The molecule has 2 aromatic carbocycles. The Morgan fingerprint density at radius 3 is 2.15 bits per heavy atom. The Balaban J connectivity index is 0.000000448. The molecular weight excluding hydrogens is 268 g/mol. The molecule has 2 N–H and O–H groups in total. The van der Waals surface area contributed by atoms with Crippen LogP contribution in [0.15, 0.2) is 42.0 Å². The first-order valence-corrected chi connectivity index (χ1v) is 5.38. The van der Waals surface area contributed by atoms with E-state index in [9.17, 15) is 9.59 Å². The van der Waals surface area contributed by atoms with Gasteiger partial charge in [0.1, 0.15) is 0 Å². The summed E-state index contributed by atoms with van der Waals surface area (Å²) in [6.07, 6.45) is 0. The Morgan fingerprint density at radius 2 is 1.65 bits per heavy atom. The summed E-state index contributed by atoms with van der Waals surface area (Å²) < 4.78 is 0. The maximum absolute atomic E-state index is 10.6. The van der Waals surface area contributed by atoms with E-state index in [2.05, 4.69) is 6.07 Å². The average molecular weight is 281 g/mol. The quantitative estimate of drug-likeness (QED) is 0.503. The number of rotatable bonds is 2. The van der Waals surface area contributed by atoms with E-state index in [0.29, 0.717) is 0 Å². The zero-order valence-electron chi connectivity index (χ0n) is 11.0. The van der Waals surface area contributed by atoms with Crippen molar-refractivity contribution in [2.45, 2.75) is 6.92 Å². The van der Waals surface area contributed by atoms with E-state index in [1.165, 1.54) is 6.92 Å². The molecule has 0 atom stereocenters. The number of fused-ring (bicyclic) bond motifs is 1. The first kappa shape index (κ1) is 18.1. The van der Waals surface area contributed by atoms with E-state index in [0.717, 1.165) is 10.8 Å². The Kier molecular flexibility index (Phi) is 7.57. The number of carboxylic acids is 2. The SMILES string of the molecule is O=C(O)c1[c-]c2ccccc2cc1.[CH-]=C(C)C(=O)O.[Mg+2]. The van der Waals surface area contributed by atoms with Crippen molar-refractivity contribution in [2.75, 3.05) is 0 Å². The number of hydrogen-bond acceptors (Lipinski definition) is 2. The number of aromatic carboxylic acids is 1. The van der Waals surface area contributed by atoms with Gasteiger partial charge in [0.2, 0.25) is 0 Å². The molecule has 0 radical (unpaired) electrons. The van der Waals surface area contributed by atoms with Crippen molar-refractivity contribution in [1.29, 1.82) is 0 Å². The van der Waals surface area contributed by atoms with E-state index in [1.54, 1.807) is 12.1 Å². The molecule has 98 valence electrons. The van der Waals surface area contributed by atoms with E-state index in [-0.39, 0.29) is 34.2 Å². The van der Waals surface area contributed by atoms with Crippen LogP contribution in [-0.4, -0.2) is 45.2 Å². The van der Waals surface area contributed by atoms with Gasteiger partial charge >= 0.3 is 23.1 Å². The molecule has 0 aromatic heterocycles. The zero-order valence-corrected chi connectivity index (χ0v) is 12.4. The minimum absolute atomic E-state index is 0. The predicted molar refractivity (Wildman–Crippen MR) is 76.6 cm³/mol. The number of carbonyl (C=O) groups is 2. The standard InChI is InChI=1S/C11H7O2.C4H5O2.Mg/c12-11(13)10-6-5-8-3-1-2-4-9(8)7-10;1-3(2)4(5)6;/h1-6H,(H,12,13);1H,2H3,(H,5,6);/q2*-1;+2. The molecule has 0 aliphatic carbocycles. The maximum atomic E-state index is 10.6. The third-order valence-corrected chi connectivity index (χ3v) is 2.23. The second kappa shape index (κ2) is 8.34. The van der Waals surface area contributed by atoms with Crippen molar-refractivity contribution in [3.05, 3.63) is 60.2 Å². The molecular formula is C15H12MgO4. The van der Waals surface area contributed by atoms with Gasteiger partial charge < -0.3 is 15.0 Å². The maximum Gasteiger partial charge on any atom is 2.00 e. The Morgan fingerprint density at radius 1 is 1.10 bits per heavy atom. The third kappa shape index (κ3) is 5.42. The first-order chi connectivity index (χ1) is 8.91. The molecule has 0 bridgehead atoms. The number of hydrogen-bond donors (Lipinski definition) is 2. The van der Waals surface area contributed by atoms with Gasteiger partial charge in [0.05, 0.1) is 0 Å². The summed E-state index contributed by atoms with van der Waals surface area (Å²) in [4.78, 5) is 20.2. The molecule has 5 heteroatoms. The summed E-state index contributed by atoms with van der Waals surface area (Å²) in [6, 6.07) is 13.7. The van der Waals surface area contributed by atoms with Crippen LogP contribution in [0.4, 0.5) is 0 Å². The van der Waals surface area contributed by atoms with Crippen molar-refractivity contribution in [1.82, 2.24) is 0 Å². The molecule has 0 saturated carbocycles. The molecule has 0 fully saturated rings. The first-order valence-electron chi connectivity index (χ1n) is 5.38. The van der Waals surface area contributed by atoms with E-state index >= 15 is 0 Å². The molecule has 20 heavy (non-hydrogen) atoms. The summed E-state index contributed by atoms with van der Waals surface area (Å²) in [6.45, 7) is 6.09. The molecule has 2 rings (SSSR count). The summed E-state index contributed by atoms with van der Waals surface area (Å²) >= 11 is 0. The monoisotopic (exact) mass is 280 g/mol. The summed E-state index contributed by atoms with van der Waals surface area (Å²) in [5.41, 5.74) is 0.133. The van der Waals surface area contributed by atoms with Gasteiger partial charge in [-0.25, -0.2) is 0 Å². The van der Waals surface area contributed by atoms with Gasteiger partial charge in [-0.1, -0.05) is 30.5 Å². The van der Waals surface area contributed by atoms with Crippen LogP contribution in [0.2, 0.25) is 0 Å². The minimum atomic E-state index is -1.05. The molecule has 2 aromatic rings. The fourth-order valence-corrected chi connectivity index (χ4v) is 1.24. The Bertz CT molecular complexity index is 623. The zero-order chi connectivity index (χ0) is 14.4. The van der Waals surface area contributed by atoms with Gasteiger partial charge in [-0.3, -0.25) is 11.4 Å². The fraction of sp³-hybridized carbons (Fsp3) is 0.0667. The van der Waals surface area contributed by atoms with Crippen LogP contribution in [-0.2, 0) is 4.79 Å². The molecule has 4 nitrogen and oxygen atoms in total. The molecule has 0 heterocycles. The van der Waals surface area contributed by atoms with E-state index in [1.807, 2.05) is 24.3 Å². The van der Waals surface area contributed by atoms with Crippen LogP contribution in [0.5, 0.6) is 0 Å². The van der Waals surface area contributed by atoms with Crippen molar-refractivity contribution in [3.63, 3.8) is 0 Å². The summed E-state index contributed by atoms with van der Waals surface area (Å²) in [7, 11) is 0. The average Bonchev–Trinajstić information content (AvgIpc) is 2.38. The minimum Gasteiger partial charge on any atom is -0.562 e. The number of carboxylic acid groups (broad SMARTS) is 2. The van der Waals surface area contributed by atoms with Gasteiger partial charge in [0.15, 0.2) is 5.97 Å². The predicted octanol–water partition coefficient (Wildman–Crippen LogP) is 2.41. The van der Waals surface area contributed by atoms with E-state index in [4.69, 9.17) is 16.8 Å². The van der Waals surface area contributed by atoms with Crippen LogP contribution < -0.4 is 0 Å². The van der Waals surface area contributed by atoms with Gasteiger partial charge in [0, 0.05) is 0 Å². The van der Waals surface area contributed by atoms with Gasteiger partial charge in [-0.05, 0) is 5.56 Å². The third-order valence-electron chi connectivity index (χ3n) is 2.23. The number of aliphatic carboxylic acids is 1. The van der Waals surface area contributed by atoms with Crippen LogP contribution in [0.1, 0.15) is 17.3 Å². The van der Waals surface area contributed by atoms with Crippen LogP contribution in [0, 0.1) is 12.6 Å². The van der Waals surface area contributed by atoms with Crippen LogP contribution in [0.3, 0.4) is 0 Å². The molecule has 0 aliphatic heterocycles.